The number of ether oxygens (including phenoxy) is 1. The maximum Gasteiger partial charge on any atom is 0.0466 e. The molecule has 2 N–H and O–H groups in total. The van der Waals surface area contributed by atoms with Crippen molar-refractivity contribution in [2.45, 2.75) is 78.6 Å². The van der Waals surface area contributed by atoms with Gasteiger partial charge in [0, 0.05) is 13.2 Å². The van der Waals surface area contributed by atoms with Crippen molar-refractivity contribution in [1.29, 1.82) is 0 Å². The summed E-state index contributed by atoms with van der Waals surface area (Å²) in [6.07, 6.45) is 11.5. The van der Waals surface area contributed by atoms with Crippen LogP contribution in [-0.4, -0.2) is 19.8 Å². The van der Waals surface area contributed by atoms with Gasteiger partial charge >= 0.3 is 0 Å². The maximum atomic E-state index is 5.56. The van der Waals surface area contributed by atoms with Gasteiger partial charge < -0.3 is 10.5 Å². The number of hydrogen-bond donors (Lipinski definition) is 1. The molecule has 17 heavy (non-hydrogen) atoms. The summed E-state index contributed by atoms with van der Waals surface area (Å²) < 4.78 is 5.56. The lowest BCUT2D eigenvalue weighted by Crippen LogP contribution is -2.00. The molecule has 0 atom stereocenters. The molecule has 0 amide bonds. The highest BCUT2D eigenvalue weighted by atomic mass is 16.5. The van der Waals surface area contributed by atoms with Gasteiger partial charge in [-0.1, -0.05) is 59.3 Å². The average molecular weight is 245 g/mol. The van der Waals surface area contributed by atoms with Gasteiger partial charge in [-0.25, -0.2) is 0 Å². The molecule has 0 spiro atoms. The van der Waals surface area contributed by atoms with Crippen LogP contribution in [0.4, 0.5) is 0 Å². The molecule has 0 rings (SSSR count). The molecule has 0 radical (unpaired) electrons. The van der Waals surface area contributed by atoms with Gasteiger partial charge in [0.1, 0.15) is 0 Å². The minimum atomic E-state index is 0.832. The van der Waals surface area contributed by atoms with Crippen LogP contribution in [0.2, 0.25) is 0 Å². The van der Waals surface area contributed by atoms with E-state index < -0.39 is 0 Å². The smallest absolute Gasteiger partial charge is 0.0466 e. The first kappa shape index (κ1) is 19.3. The van der Waals surface area contributed by atoms with Gasteiger partial charge in [0.25, 0.3) is 0 Å². The molecule has 0 aromatic rings. The molecule has 0 fully saturated rings. The first-order chi connectivity index (χ1) is 8.41. The molecule has 0 unspecified atom stereocenters. The highest BCUT2D eigenvalue weighted by molar-refractivity contribution is 4.44. The van der Waals surface area contributed by atoms with Gasteiger partial charge in [-0.2, -0.15) is 0 Å². The Bertz CT molecular complexity index is 95.1. The van der Waals surface area contributed by atoms with Gasteiger partial charge in [0.15, 0.2) is 0 Å². The Morgan fingerprint density at radius 2 is 1.18 bits per heavy atom. The molecule has 0 aliphatic carbocycles. The van der Waals surface area contributed by atoms with Crippen molar-refractivity contribution in [2.75, 3.05) is 19.8 Å². The van der Waals surface area contributed by atoms with Crippen molar-refractivity contribution < 1.29 is 4.74 Å². The van der Waals surface area contributed by atoms with Crippen molar-refractivity contribution in [3.63, 3.8) is 0 Å². The van der Waals surface area contributed by atoms with Crippen molar-refractivity contribution in [2.24, 2.45) is 5.73 Å². The van der Waals surface area contributed by atoms with Crippen LogP contribution in [-0.2, 0) is 4.74 Å². The van der Waals surface area contributed by atoms with Crippen LogP contribution in [0.5, 0.6) is 0 Å². The van der Waals surface area contributed by atoms with Gasteiger partial charge in [-0.3, -0.25) is 0 Å². The minimum Gasteiger partial charge on any atom is -0.381 e. The van der Waals surface area contributed by atoms with E-state index in [1.807, 2.05) is 13.8 Å². The summed E-state index contributed by atoms with van der Waals surface area (Å²) in [5.74, 6) is 0. The fourth-order valence-corrected chi connectivity index (χ4v) is 1.61. The van der Waals surface area contributed by atoms with Crippen LogP contribution < -0.4 is 5.73 Å². The summed E-state index contributed by atoms with van der Waals surface area (Å²) in [4.78, 5) is 0. The second-order valence-corrected chi connectivity index (χ2v) is 4.23. The SMILES string of the molecule is CC.CCCCCCCOCCCCCCN. The van der Waals surface area contributed by atoms with E-state index >= 15 is 0 Å². The normalized spacial score (nSPS) is 9.88. The van der Waals surface area contributed by atoms with Gasteiger partial charge in [0.05, 0.1) is 0 Å². The van der Waals surface area contributed by atoms with Crippen LogP contribution in [0.25, 0.3) is 0 Å². The van der Waals surface area contributed by atoms with E-state index in [1.165, 1.54) is 51.4 Å². The van der Waals surface area contributed by atoms with E-state index in [-0.39, 0.29) is 0 Å². The Morgan fingerprint density at radius 1 is 0.706 bits per heavy atom. The Morgan fingerprint density at radius 3 is 1.65 bits per heavy atom. The van der Waals surface area contributed by atoms with Crippen LogP contribution in [0.1, 0.15) is 78.6 Å². The summed E-state index contributed by atoms with van der Waals surface area (Å²) >= 11 is 0. The molecule has 0 aliphatic heterocycles. The zero-order chi connectivity index (χ0) is 13.2. The highest BCUT2D eigenvalue weighted by Crippen LogP contribution is 2.03. The van der Waals surface area contributed by atoms with Crippen LogP contribution in [0.3, 0.4) is 0 Å². The highest BCUT2D eigenvalue weighted by Gasteiger charge is 1.91. The third-order valence-corrected chi connectivity index (χ3v) is 2.64. The van der Waals surface area contributed by atoms with E-state index in [0.29, 0.717) is 0 Å². The molecule has 0 heterocycles. The molecule has 106 valence electrons. The number of unbranched alkanes of at least 4 members (excludes halogenated alkanes) is 7. The fraction of sp³-hybridized carbons (Fsp3) is 1.00. The third-order valence-electron chi connectivity index (χ3n) is 2.64. The molecule has 0 aromatic heterocycles. The predicted molar refractivity (Wildman–Crippen MR) is 78.4 cm³/mol. The molecule has 0 saturated heterocycles. The molecule has 0 aromatic carbocycles. The van der Waals surface area contributed by atoms with Gasteiger partial charge in [-0.15, -0.1) is 0 Å². The second kappa shape index (κ2) is 21.2. The molecule has 2 nitrogen and oxygen atoms in total. The van der Waals surface area contributed by atoms with E-state index in [9.17, 15) is 0 Å². The van der Waals surface area contributed by atoms with Crippen molar-refractivity contribution in [1.82, 2.24) is 0 Å². The molecule has 0 saturated carbocycles. The standard InChI is InChI=1S/C13H29NO.C2H6/c1-2-3-4-6-9-12-15-13-10-7-5-8-11-14;1-2/h2-14H2,1H3;1-2H3. The van der Waals surface area contributed by atoms with Crippen molar-refractivity contribution in [3.05, 3.63) is 0 Å². The zero-order valence-electron chi connectivity index (χ0n) is 12.5. The first-order valence-corrected chi connectivity index (χ1v) is 7.69. The van der Waals surface area contributed by atoms with E-state index in [0.717, 1.165) is 26.2 Å². The molecule has 0 aliphatic rings. The quantitative estimate of drug-likeness (QED) is 0.513. The summed E-state index contributed by atoms with van der Waals surface area (Å²) in [5, 5.41) is 0. The number of nitrogens with two attached hydrogens (primary N) is 1. The van der Waals surface area contributed by atoms with Crippen LogP contribution >= 0.6 is 0 Å². The maximum absolute atomic E-state index is 5.56. The number of rotatable bonds is 12. The van der Waals surface area contributed by atoms with Crippen molar-refractivity contribution in [3.8, 4) is 0 Å². The molecule has 0 bridgehead atoms. The fourth-order valence-electron chi connectivity index (χ4n) is 1.61. The molecular weight excluding hydrogens is 210 g/mol. The number of hydrogen-bond acceptors (Lipinski definition) is 2. The summed E-state index contributed by atoms with van der Waals surface area (Å²) in [7, 11) is 0. The summed E-state index contributed by atoms with van der Waals surface area (Å²) in [5.41, 5.74) is 5.42. The molecule has 2 heteroatoms. The van der Waals surface area contributed by atoms with Crippen LogP contribution in [0.15, 0.2) is 0 Å². The Hall–Kier alpha value is -0.0800. The van der Waals surface area contributed by atoms with Gasteiger partial charge in [0.2, 0.25) is 0 Å². The summed E-state index contributed by atoms with van der Waals surface area (Å²) in [6, 6.07) is 0. The predicted octanol–water partition coefficient (Wildman–Crippen LogP) is 4.52. The lowest BCUT2D eigenvalue weighted by atomic mass is 10.2. The van der Waals surface area contributed by atoms with Crippen molar-refractivity contribution >= 4 is 0 Å². The monoisotopic (exact) mass is 245 g/mol. The Balaban J connectivity index is 0. The van der Waals surface area contributed by atoms with Gasteiger partial charge in [-0.05, 0) is 25.8 Å². The third kappa shape index (κ3) is 21.7. The largest absolute Gasteiger partial charge is 0.381 e. The Labute approximate surface area is 109 Å². The van der Waals surface area contributed by atoms with E-state index in [2.05, 4.69) is 6.92 Å². The average Bonchev–Trinajstić information content (AvgIpc) is 2.38. The minimum absolute atomic E-state index is 0.832. The zero-order valence-corrected chi connectivity index (χ0v) is 12.5. The second-order valence-electron chi connectivity index (χ2n) is 4.23. The van der Waals surface area contributed by atoms with E-state index in [1.54, 1.807) is 0 Å². The lowest BCUT2D eigenvalue weighted by Gasteiger charge is -2.03. The topological polar surface area (TPSA) is 35.2 Å². The molecular formula is C15H35NO. The van der Waals surface area contributed by atoms with E-state index in [4.69, 9.17) is 10.5 Å². The Kier molecular flexibility index (Phi) is 24.1. The summed E-state index contributed by atoms with van der Waals surface area (Å²) in [6.45, 7) is 8.98. The first-order valence-electron chi connectivity index (χ1n) is 7.69. The lowest BCUT2D eigenvalue weighted by molar-refractivity contribution is 0.125. The van der Waals surface area contributed by atoms with Crippen LogP contribution in [0, 0.1) is 0 Å².